The van der Waals surface area contributed by atoms with Crippen molar-refractivity contribution >= 4 is 28.3 Å². The number of hydrogen-bond acceptors (Lipinski definition) is 6. The number of aromatic nitrogens is 4. The molecule has 2 atom stereocenters. The Kier molecular flexibility index (Phi) is 4.83. The molecule has 1 aromatic carbocycles. The molecule has 5 heterocycles. The van der Waals surface area contributed by atoms with Gasteiger partial charge in [0.15, 0.2) is 0 Å². The number of ether oxygens (including phenoxy) is 1. The molecule has 2 aliphatic rings. The smallest absolute Gasteiger partial charge is 0.266 e. The molecule has 2 unspecified atom stereocenters. The number of pyridine rings is 1. The van der Waals surface area contributed by atoms with Crippen LogP contribution in [-0.4, -0.2) is 45.7 Å². The van der Waals surface area contributed by atoms with E-state index in [1.807, 2.05) is 10.5 Å². The van der Waals surface area contributed by atoms with Crippen LogP contribution < -0.4 is 10.2 Å². The van der Waals surface area contributed by atoms with E-state index >= 15 is 0 Å². The predicted molar refractivity (Wildman–Crippen MR) is 117 cm³/mol. The van der Waals surface area contributed by atoms with Crippen molar-refractivity contribution in [3.05, 3.63) is 59.8 Å². The van der Waals surface area contributed by atoms with E-state index in [-0.39, 0.29) is 12.1 Å². The number of benzene rings is 1. The number of halogens is 3. The Balaban J connectivity index is 1.37. The van der Waals surface area contributed by atoms with Crippen molar-refractivity contribution in [2.45, 2.75) is 13.0 Å². The van der Waals surface area contributed by atoms with E-state index < -0.39 is 17.8 Å². The van der Waals surface area contributed by atoms with Crippen LogP contribution in [0.3, 0.4) is 0 Å². The van der Waals surface area contributed by atoms with E-state index in [4.69, 9.17) is 4.74 Å². The Morgan fingerprint density at radius 3 is 2.76 bits per heavy atom. The SMILES string of the molecule is Fc1c(CNc2nc3nccn3c3cnc(N4CC5COCC5C4)cc23)cccc1C(F)F. The Hall–Kier alpha value is -3.40. The van der Waals surface area contributed by atoms with E-state index in [2.05, 4.69) is 25.2 Å². The molecule has 33 heavy (non-hydrogen) atoms. The van der Waals surface area contributed by atoms with Gasteiger partial charge in [-0.25, -0.2) is 23.1 Å². The first-order valence-electron chi connectivity index (χ1n) is 10.8. The summed E-state index contributed by atoms with van der Waals surface area (Å²) in [6, 6.07) is 5.99. The van der Waals surface area contributed by atoms with Crippen LogP contribution in [0, 0.1) is 17.7 Å². The largest absolute Gasteiger partial charge is 0.381 e. The van der Waals surface area contributed by atoms with Crippen LogP contribution in [0.25, 0.3) is 16.7 Å². The fourth-order valence-corrected chi connectivity index (χ4v) is 4.81. The third-order valence-electron chi connectivity index (χ3n) is 6.57. The van der Waals surface area contributed by atoms with Crippen molar-refractivity contribution in [3.8, 4) is 0 Å². The zero-order valence-electron chi connectivity index (χ0n) is 17.6. The normalized spacial score (nSPS) is 20.3. The van der Waals surface area contributed by atoms with Crippen molar-refractivity contribution < 1.29 is 17.9 Å². The molecule has 1 N–H and O–H groups in total. The maximum Gasteiger partial charge on any atom is 0.266 e. The molecule has 4 aromatic rings. The highest BCUT2D eigenvalue weighted by atomic mass is 19.3. The van der Waals surface area contributed by atoms with Gasteiger partial charge in [0.25, 0.3) is 6.43 Å². The van der Waals surface area contributed by atoms with Gasteiger partial charge in [-0.2, -0.15) is 4.98 Å². The first-order valence-corrected chi connectivity index (χ1v) is 10.8. The van der Waals surface area contributed by atoms with Gasteiger partial charge in [0, 0.05) is 54.8 Å². The second-order valence-electron chi connectivity index (χ2n) is 8.55. The summed E-state index contributed by atoms with van der Waals surface area (Å²) in [5.74, 6) is 1.93. The van der Waals surface area contributed by atoms with Crippen molar-refractivity contribution in [2.24, 2.45) is 11.8 Å². The lowest BCUT2D eigenvalue weighted by molar-refractivity contribution is 0.146. The summed E-state index contributed by atoms with van der Waals surface area (Å²) in [5.41, 5.74) is 0.340. The molecular weight excluding hydrogens is 433 g/mol. The van der Waals surface area contributed by atoms with E-state index in [1.165, 1.54) is 12.1 Å². The minimum Gasteiger partial charge on any atom is -0.381 e. The molecule has 2 fully saturated rings. The molecule has 7 nitrogen and oxygen atoms in total. The maximum atomic E-state index is 14.5. The molecule has 0 bridgehead atoms. The van der Waals surface area contributed by atoms with E-state index in [0.29, 0.717) is 23.4 Å². The van der Waals surface area contributed by atoms with Crippen molar-refractivity contribution in [3.63, 3.8) is 0 Å². The monoisotopic (exact) mass is 454 g/mol. The zero-order valence-corrected chi connectivity index (χ0v) is 17.6. The molecule has 2 saturated heterocycles. The van der Waals surface area contributed by atoms with Crippen LogP contribution in [0.15, 0.2) is 42.9 Å². The fraction of sp³-hybridized carbons (Fsp3) is 0.348. The van der Waals surface area contributed by atoms with Gasteiger partial charge < -0.3 is 15.0 Å². The van der Waals surface area contributed by atoms with E-state index in [1.54, 1.807) is 18.6 Å². The van der Waals surface area contributed by atoms with Gasteiger partial charge in [-0.15, -0.1) is 0 Å². The number of rotatable bonds is 5. The Labute approximate surface area is 187 Å². The summed E-state index contributed by atoms with van der Waals surface area (Å²) in [7, 11) is 0. The number of nitrogens with one attached hydrogen (secondary N) is 1. The molecule has 10 heteroatoms. The Bertz CT molecular complexity index is 1330. The van der Waals surface area contributed by atoms with Gasteiger partial charge in [0.1, 0.15) is 17.5 Å². The second kappa shape index (κ2) is 7.87. The quantitative estimate of drug-likeness (QED) is 0.491. The average Bonchev–Trinajstić information content (AvgIpc) is 3.54. The van der Waals surface area contributed by atoms with Gasteiger partial charge in [0.05, 0.1) is 30.5 Å². The number of anilines is 2. The number of alkyl halides is 2. The van der Waals surface area contributed by atoms with E-state index in [9.17, 15) is 13.2 Å². The summed E-state index contributed by atoms with van der Waals surface area (Å²) in [5, 5.41) is 3.93. The number of nitrogens with zero attached hydrogens (tertiary/aromatic N) is 5. The van der Waals surface area contributed by atoms with Gasteiger partial charge in [0.2, 0.25) is 5.78 Å². The molecule has 0 spiro atoms. The summed E-state index contributed by atoms with van der Waals surface area (Å²) in [6.07, 6.45) is 2.37. The molecule has 0 amide bonds. The summed E-state index contributed by atoms with van der Waals surface area (Å²) >= 11 is 0. The Morgan fingerprint density at radius 2 is 1.97 bits per heavy atom. The van der Waals surface area contributed by atoms with Gasteiger partial charge in [-0.05, 0) is 6.07 Å². The van der Waals surface area contributed by atoms with Crippen LogP contribution in [0.2, 0.25) is 0 Å². The Morgan fingerprint density at radius 1 is 1.15 bits per heavy atom. The van der Waals surface area contributed by atoms with E-state index in [0.717, 1.165) is 49.1 Å². The van der Waals surface area contributed by atoms with Crippen LogP contribution in [0.1, 0.15) is 17.6 Å². The molecule has 0 saturated carbocycles. The maximum absolute atomic E-state index is 14.5. The lowest BCUT2D eigenvalue weighted by atomic mass is 10.0. The highest BCUT2D eigenvalue weighted by molar-refractivity contribution is 5.92. The van der Waals surface area contributed by atoms with Crippen LogP contribution in [0.4, 0.5) is 24.8 Å². The minimum absolute atomic E-state index is 0.00817. The molecule has 3 aromatic heterocycles. The van der Waals surface area contributed by atoms with Crippen molar-refractivity contribution in [2.75, 3.05) is 36.5 Å². The van der Waals surface area contributed by atoms with Crippen LogP contribution >= 0.6 is 0 Å². The van der Waals surface area contributed by atoms with Crippen molar-refractivity contribution in [1.82, 2.24) is 19.4 Å². The van der Waals surface area contributed by atoms with Gasteiger partial charge >= 0.3 is 0 Å². The number of imidazole rings is 1. The standard InChI is InChI=1S/C23H21F3N6O/c24-20-13(2-1-3-16(20)21(25)26)7-29-22-17-6-19(31-9-14-11-33-12-15(14)10-31)28-8-18(17)32-5-4-27-23(32)30-22/h1-6,8,14-15,21H,7,9-12H2,(H,27,29,30). The second-order valence-corrected chi connectivity index (χ2v) is 8.55. The first kappa shape index (κ1) is 20.2. The van der Waals surface area contributed by atoms with Gasteiger partial charge in [-0.1, -0.05) is 18.2 Å². The lowest BCUT2D eigenvalue weighted by Crippen LogP contribution is -2.23. The molecule has 2 aliphatic heterocycles. The minimum atomic E-state index is -2.87. The zero-order chi connectivity index (χ0) is 22.5. The highest BCUT2D eigenvalue weighted by Gasteiger charge is 2.37. The lowest BCUT2D eigenvalue weighted by Gasteiger charge is -2.20. The summed E-state index contributed by atoms with van der Waals surface area (Å²) in [4.78, 5) is 15.8. The molecular formula is C23H21F3N6O. The third kappa shape index (κ3) is 3.45. The molecule has 6 rings (SSSR count). The molecule has 170 valence electrons. The fourth-order valence-electron chi connectivity index (χ4n) is 4.81. The summed E-state index contributed by atoms with van der Waals surface area (Å²) in [6.45, 7) is 3.34. The highest BCUT2D eigenvalue weighted by Crippen LogP contribution is 2.34. The number of fused-ring (bicyclic) bond motifs is 4. The molecule has 0 aliphatic carbocycles. The average molecular weight is 454 g/mol. The van der Waals surface area contributed by atoms with Crippen LogP contribution in [0.5, 0.6) is 0 Å². The van der Waals surface area contributed by atoms with Crippen molar-refractivity contribution in [1.29, 1.82) is 0 Å². The first-order chi connectivity index (χ1) is 16.1. The summed E-state index contributed by atoms with van der Waals surface area (Å²) < 4.78 is 48.1. The topological polar surface area (TPSA) is 67.6 Å². The third-order valence-corrected chi connectivity index (χ3v) is 6.57. The van der Waals surface area contributed by atoms with Crippen LogP contribution in [-0.2, 0) is 11.3 Å². The number of hydrogen-bond donors (Lipinski definition) is 1. The van der Waals surface area contributed by atoms with Gasteiger partial charge in [-0.3, -0.25) is 4.40 Å². The molecule has 0 radical (unpaired) electrons. The predicted octanol–water partition coefficient (Wildman–Crippen LogP) is 4.05.